The minimum Gasteiger partial charge on any atom is -0.394 e. The molecule has 1 aromatic carbocycles. The number of benzene rings is 1. The fraction of sp³-hybridized carbons (Fsp3) is 0.600. The average molecular weight is 810 g/mol. The van der Waals surface area contributed by atoms with Crippen molar-refractivity contribution in [2.45, 2.75) is 134 Å². The SMILES string of the molecule is CCC(CC(C)(C)n1cncc1CC(NC(=O)C(CC(C)C)NC(=O)C1CCCN1C(C)=O)C(=O)NC(CO)C(=O)NC(C(N)=O)C1CC(=O)NO1)c1ccccc1. The van der Waals surface area contributed by atoms with Gasteiger partial charge in [0.2, 0.25) is 41.4 Å². The van der Waals surface area contributed by atoms with Crippen molar-refractivity contribution in [2.75, 3.05) is 13.2 Å². The van der Waals surface area contributed by atoms with Crippen LogP contribution in [0.1, 0.15) is 97.2 Å². The molecule has 18 nitrogen and oxygen atoms in total. The van der Waals surface area contributed by atoms with E-state index in [1.807, 2.05) is 36.6 Å². The van der Waals surface area contributed by atoms with Crippen LogP contribution < -0.4 is 32.5 Å². The van der Waals surface area contributed by atoms with Crippen LogP contribution in [0.5, 0.6) is 0 Å². The van der Waals surface area contributed by atoms with Gasteiger partial charge in [-0.25, -0.2) is 10.5 Å². The normalized spacial score (nSPS) is 19.4. The molecule has 8 N–H and O–H groups in total. The minimum atomic E-state index is -1.62. The molecule has 0 spiro atoms. The molecule has 18 heteroatoms. The molecule has 0 aliphatic carbocycles. The van der Waals surface area contributed by atoms with Crippen LogP contribution in [0.25, 0.3) is 0 Å². The van der Waals surface area contributed by atoms with Gasteiger partial charge in [0, 0.05) is 37.3 Å². The lowest BCUT2D eigenvalue weighted by Gasteiger charge is -2.33. The van der Waals surface area contributed by atoms with Crippen LogP contribution in [0.3, 0.4) is 0 Å². The highest BCUT2D eigenvalue weighted by molar-refractivity contribution is 5.96. The number of hydrogen-bond acceptors (Lipinski definition) is 10. The van der Waals surface area contributed by atoms with Crippen molar-refractivity contribution < 1.29 is 43.5 Å². The maximum atomic E-state index is 14.2. The number of carbonyl (C=O) groups excluding carboxylic acids is 7. The van der Waals surface area contributed by atoms with Crippen LogP contribution >= 0.6 is 0 Å². The van der Waals surface area contributed by atoms with Crippen LogP contribution in [-0.2, 0) is 50.4 Å². The molecule has 0 bridgehead atoms. The molecular formula is C40H59N9O9. The van der Waals surface area contributed by atoms with Crippen LogP contribution in [0, 0.1) is 5.92 Å². The van der Waals surface area contributed by atoms with Gasteiger partial charge >= 0.3 is 0 Å². The number of aliphatic hydroxyl groups is 1. The number of aromatic nitrogens is 2. The summed E-state index contributed by atoms with van der Waals surface area (Å²) in [5.74, 6) is -4.69. The first kappa shape index (κ1) is 45.3. The summed E-state index contributed by atoms with van der Waals surface area (Å²) in [5.41, 5.74) is 8.81. The van der Waals surface area contributed by atoms with Crippen molar-refractivity contribution in [1.82, 2.24) is 41.2 Å². The van der Waals surface area contributed by atoms with Gasteiger partial charge in [-0.3, -0.25) is 38.4 Å². The Morgan fingerprint density at radius 1 is 1.00 bits per heavy atom. The molecule has 0 saturated carbocycles. The predicted octanol–water partition coefficient (Wildman–Crippen LogP) is 0.0385. The number of aliphatic hydroxyl groups excluding tert-OH is 1. The van der Waals surface area contributed by atoms with Crippen molar-refractivity contribution in [2.24, 2.45) is 11.7 Å². The molecule has 1 aromatic heterocycles. The second kappa shape index (κ2) is 20.4. The number of nitrogens with one attached hydrogen (secondary N) is 5. The summed E-state index contributed by atoms with van der Waals surface area (Å²) < 4.78 is 1.94. The quantitative estimate of drug-likeness (QED) is 0.0945. The first-order valence-electron chi connectivity index (χ1n) is 19.9. The number of carbonyl (C=O) groups is 7. The Morgan fingerprint density at radius 2 is 1.66 bits per heavy atom. The fourth-order valence-corrected chi connectivity index (χ4v) is 7.68. The smallest absolute Gasteiger partial charge is 0.246 e. The molecule has 2 aliphatic rings. The second-order valence-corrected chi connectivity index (χ2v) is 16.1. The van der Waals surface area contributed by atoms with Crippen molar-refractivity contribution in [3.8, 4) is 0 Å². The van der Waals surface area contributed by atoms with Crippen LogP contribution in [0.2, 0.25) is 0 Å². The highest BCUT2D eigenvalue weighted by atomic mass is 16.7. The third kappa shape index (κ3) is 11.8. The highest BCUT2D eigenvalue weighted by Gasteiger charge is 2.39. The zero-order valence-electron chi connectivity index (χ0n) is 34.2. The molecule has 2 aliphatic heterocycles. The maximum absolute atomic E-state index is 14.2. The van der Waals surface area contributed by atoms with E-state index in [0.717, 1.165) is 6.42 Å². The van der Waals surface area contributed by atoms with E-state index in [1.54, 1.807) is 12.5 Å². The largest absolute Gasteiger partial charge is 0.394 e. The zero-order chi connectivity index (χ0) is 42.7. The number of amides is 7. The molecular weight excluding hydrogens is 750 g/mol. The minimum absolute atomic E-state index is 0.0656. The third-order valence-corrected chi connectivity index (χ3v) is 10.7. The predicted molar refractivity (Wildman–Crippen MR) is 211 cm³/mol. The molecule has 4 rings (SSSR count). The molecule has 7 amide bonds. The van der Waals surface area contributed by atoms with E-state index in [0.29, 0.717) is 31.5 Å². The van der Waals surface area contributed by atoms with Gasteiger partial charge in [0.15, 0.2) is 0 Å². The van der Waals surface area contributed by atoms with Crippen molar-refractivity contribution in [3.63, 3.8) is 0 Å². The number of hydroxylamine groups is 1. The van der Waals surface area contributed by atoms with Crippen molar-refractivity contribution in [1.29, 1.82) is 0 Å². The van der Waals surface area contributed by atoms with Crippen LogP contribution in [0.4, 0.5) is 0 Å². The molecule has 3 heterocycles. The number of nitrogens with zero attached hydrogens (tertiary/aromatic N) is 3. The Hall–Kier alpha value is -5.36. The molecule has 7 unspecified atom stereocenters. The van der Waals surface area contributed by atoms with Crippen molar-refractivity contribution in [3.05, 3.63) is 54.1 Å². The Kier molecular flexibility index (Phi) is 15.9. The molecule has 318 valence electrons. The van der Waals surface area contributed by atoms with Gasteiger partial charge in [-0.1, -0.05) is 51.1 Å². The summed E-state index contributed by atoms with van der Waals surface area (Å²) >= 11 is 0. The molecule has 0 radical (unpaired) electrons. The van der Waals surface area contributed by atoms with Gasteiger partial charge in [0.05, 0.1) is 19.4 Å². The maximum Gasteiger partial charge on any atom is 0.246 e. The van der Waals surface area contributed by atoms with Crippen LogP contribution in [0.15, 0.2) is 42.9 Å². The summed E-state index contributed by atoms with van der Waals surface area (Å²) in [5, 5.41) is 20.7. The molecule has 2 aromatic rings. The summed E-state index contributed by atoms with van der Waals surface area (Å²) in [7, 11) is 0. The number of hydrogen-bond donors (Lipinski definition) is 7. The average Bonchev–Trinajstić information content (AvgIpc) is 3.96. The standard InChI is InChI=1S/C40H59N9O9/c1-7-25(26-12-9-8-10-13-26)19-40(5,6)49-22-42-20-27(49)17-29(37(55)45-30(21-50)38(56)46-34(35(41)53)32-18-33(52)47-58-32)43-36(54)28(16-23(2)3)44-39(57)31-14-11-15-48(31)24(4)51/h8-10,12-13,20,22-23,25,28-32,34,50H,7,11,14-19,21H2,1-6H3,(H2,41,53)(H,43,54)(H,44,57)(H,45,55)(H,46,56)(H,47,52). The summed E-state index contributed by atoms with van der Waals surface area (Å²) in [6, 6.07) is 3.83. The zero-order valence-corrected chi connectivity index (χ0v) is 34.2. The van der Waals surface area contributed by atoms with E-state index in [4.69, 9.17) is 10.6 Å². The number of imidazole rings is 1. The fourth-order valence-electron chi connectivity index (χ4n) is 7.68. The van der Waals surface area contributed by atoms with E-state index < -0.39 is 83.9 Å². The van der Waals surface area contributed by atoms with E-state index in [9.17, 15) is 38.7 Å². The summed E-state index contributed by atoms with van der Waals surface area (Å²) in [6.45, 7) is 10.9. The Morgan fingerprint density at radius 3 is 2.24 bits per heavy atom. The summed E-state index contributed by atoms with van der Waals surface area (Å²) in [4.78, 5) is 102. The third-order valence-electron chi connectivity index (χ3n) is 10.7. The summed E-state index contributed by atoms with van der Waals surface area (Å²) in [6.07, 6.45) is 4.60. The lowest BCUT2D eigenvalue weighted by molar-refractivity contribution is -0.139. The number of rotatable bonds is 20. The van der Waals surface area contributed by atoms with Gasteiger partial charge < -0.3 is 41.6 Å². The van der Waals surface area contributed by atoms with Crippen molar-refractivity contribution >= 4 is 41.4 Å². The molecule has 2 saturated heterocycles. The highest BCUT2D eigenvalue weighted by Crippen LogP contribution is 2.34. The van der Waals surface area contributed by atoms with Gasteiger partial charge in [0.1, 0.15) is 36.3 Å². The van der Waals surface area contributed by atoms with Gasteiger partial charge in [-0.05, 0) is 63.4 Å². The lowest BCUT2D eigenvalue weighted by atomic mass is 9.84. The number of primary amides is 1. The monoisotopic (exact) mass is 809 g/mol. The van der Waals surface area contributed by atoms with Gasteiger partial charge in [-0.15, -0.1) is 0 Å². The van der Waals surface area contributed by atoms with E-state index in [1.165, 1.54) is 17.4 Å². The van der Waals surface area contributed by atoms with Gasteiger partial charge in [0.25, 0.3) is 0 Å². The number of nitrogens with two attached hydrogens (primary N) is 1. The van der Waals surface area contributed by atoms with E-state index in [2.05, 4.69) is 64.6 Å². The Labute approximate surface area is 338 Å². The number of likely N-dealkylation sites (tertiary alicyclic amines) is 1. The molecule has 7 atom stereocenters. The van der Waals surface area contributed by atoms with E-state index in [-0.39, 0.29) is 37.0 Å². The second-order valence-electron chi connectivity index (χ2n) is 16.1. The van der Waals surface area contributed by atoms with Gasteiger partial charge in [-0.2, -0.15) is 0 Å². The molecule has 2 fully saturated rings. The molecule has 58 heavy (non-hydrogen) atoms. The lowest BCUT2D eigenvalue weighted by Crippen LogP contribution is -2.61. The topological polar surface area (TPSA) is 256 Å². The Bertz CT molecular complexity index is 1780. The first-order valence-corrected chi connectivity index (χ1v) is 19.9. The van der Waals surface area contributed by atoms with Crippen LogP contribution in [-0.4, -0.2) is 110 Å². The Balaban J connectivity index is 1.62. The van der Waals surface area contributed by atoms with E-state index >= 15 is 0 Å². The first-order chi connectivity index (χ1) is 27.4.